The zero-order valence-corrected chi connectivity index (χ0v) is 24.8. The van der Waals surface area contributed by atoms with Gasteiger partial charge in [0.1, 0.15) is 0 Å². The Labute approximate surface area is 252 Å². The number of hydrogen-bond acceptors (Lipinski definition) is 1. The second kappa shape index (κ2) is 10.2. The van der Waals surface area contributed by atoms with Gasteiger partial charge in [-0.1, -0.05) is 135 Å². The number of nitrogens with zero attached hydrogens (tertiary/aromatic N) is 1. The molecule has 1 nitrogen and oxygen atoms in total. The second-order valence-corrected chi connectivity index (χ2v) is 11.9. The number of benzene rings is 6. The van der Waals surface area contributed by atoms with E-state index in [1.54, 1.807) is 0 Å². The van der Waals surface area contributed by atoms with E-state index in [1.165, 1.54) is 33.4 Å². The molecule has 0 saturated carbocycles. The van der Waals surface area contributed by atoms with E-state index in [1.807, 2.05) is 0 Å². The van der Waals surface area contributed by atoms with Crippen molar-refractivity contribution in [2.45, 2.75) is 5.41 Å². The molecular formula is C37H25Br2N. The molecule has 1 aliphatic rings. The molecule has 0 aromatic heterocycles. The van der Waals surface area contributed by atoms with Crippen LogP contribution in [0, 0.1) is 0 Å². The second-order valence-electron chi connectivity index (χ2n) is 10.1. The third kappa shape index (κ3) is 4.04. The third-order valence-electron chi connectivity index (χ3n) is 7.85. The highest BCUT2D eigenvalue weighted by molar-refractivity contribution is 9.10. The summed E-state index contributed by atoms with van der Waals surface area (Å²) in [5.74, 6) is 0. The lowest BCUT2D eigenvalue weighted by Crippen LogP contribution is -2.37. The van der Waals surface area contributed by atoms with Crippen molar-refractivity contribution >= 4 is 48.9 Å². The lowest BCUT2D eigenvalue weighted by Gasteiger charge is -2.46. The molecule has 0 aliphatic carbocycles. The highest BCUT2D eigenvalue weighted by atomic mass is 79.9. The van der Waals surface area contributed by atoms with Crippen molar-refractivity contribution in [3.8, 4) is 11.1 Å². The van der Waals surface area contributed by atoms with Crippen LogP contribution in [0.4, 0.5) is 17.1 Å². The fraction of sp³-hybridized carbons (Fsp3) is 0.0270. The average molecular weight is 643 g/mol. The van der Waals surface area contributed by atoms with E-state index >= 15 is 0 Å². The number of anilines is 3. The van der Waals surface area contributed by atoms with Gasteiger partial charge >= 0.3 is 0 Å². The van der Waals surface area contributed by atoms with E-state index in [4.69, 9.17) is 0 Å². The summed E-state index contributed by atoms with van der Waals surface area (Å²) in [5.41, 5.74) is 10.3. The summed E-state index contributed by atoms with van der Waals surface area (Å²) in [6.45, 7) is 0. The Kier molecular flexibility index (Phi) is 6.42. The minimum absolute atomic E-state index is 0.513. The molecule has 7 rings (SSSR count). The molecule has 0 radical (unpaired) electrons. The third-order valence-corrected chi connectivity index (χ3v) is 8.84. The van der Waals surface area contributed by atoms with Gasteiger partial charge in [-0.15, -0.1) is 0 Å². The molecule has 6 aromatic carbocycles. The maximum Gasteiger partial charge on any atom is 0.0743 e. The Bertz CT molecular complexity index is 1700. The molecule has 0 spiro atoms. The van der Waals surface area contributed by atoms with Crippen LogP contribution in [0.15, 0.2) is 161 Å². The van der Waals surface area contributed by atoms with E-state index in [0.29, 0.717) is 0 Å². The smallest absolute Gasteiger partial charge is 0.0743 e. The summed E-state index contributed by atoms with van der Waals surface area (Å²) in [6.07, 6.45) is 0. The molecule has 0 unspecified atom stereocenters. The molecule has 3 heteroatoms. The largest absolute Gasteiger partial charge is 0.310 e. The van der Waals surface area contributed by atoms with Gasteiger partial charge in [0.15, 0.2) is 0 Å². The van der Waals surface area contributed by atoms with Crippen LogP contribution in [-0.4, -0.2) is 0 Å². The van der Waals surface area contributed by atoms with Crippen LogP contribution in [0.3, 0.4) is 0 Å². The molecule has 0 amide bonds. The number of hydrogen-bond donors (Lipinski definition) is 0. The van der Waals surface area contributed by atoms with Gasteiger partial charge in [-0.2, -0.15) is 0 Å². The molecule has 40 heavy (non-hydrogen) atoms. The summed E-state index contributed by atoms with van der Waals surface area (Å²) >= 11 is 7.65. The summed E-state index contributed by atoms with van der Waals surface area (Å²) < 4.78 is 2.11. The Balaban J connectivity index is 1.54. The van der Waals surface area contributed by atoms with Crippen molar-refractivity contribution in [1.82, 2.24) is 0 Å². The maximum absolute atomic E-state index is 3.83. The predicted molar refractivity (Wildman–Crippen MR) is 174 cm³/mol. The first-order valence-corrected chi connectivity index (χ1v) is 14.9. The Hall–Kier alpha value is -3.92. The molecule has 0 fully saturated rings. The van der Waals surface area contributed by atoms with Gasteiger partial charge < -0.3 is 4.90 Å². The molecule has 6 aromatic rings. The molecular weight excluding hydrogens is 618 g/mol. The number of fused-ring (bicyclic) bond motifs is 2. The molecule has 0 atom stereocenters. The lowest BCUT2D eigenvalue weighted by atomic mass is 9.62. The van der Waals surface area contributed by atoms with Crippen LogP contribution in [0.25, 0.3) is 11.1 Å². The molecule has 192 valence electrons. The van der Waals surface area contributed by atoms with Crippen LogP contribution >= 0.6 is 31.9 Å². The molecule has 1 heterocycles. The summed E-state index contributed by atoms with van der Waals surface area (Å²) in [6, 6.07) is 54.6. The Morgan fingerprint density at radius 1 is 0.425 bits per heavy atom. The van der Waals surface area contributed by atoms with Crippen molar-refractivity contribution in [3.63, 3.8) is 0 Å². The molecule has 0 saturated heterocycles. The lowest BCUT2D eigenvalue weighted by molar-refractivity contribution is 0.730. The van der Waals surface area contributed by atoms with Crippen LogP contribution < -0.4 is 4.90 Å². The fourth-order valence-electron chi connectivity index (χ4n) is 6.16. The van der Waals surface area contributed by atoms with Gasteiger partial charge in [-0.05, 0) is 81.9 Å². The minimum Gasteiger partial charge on any atom is -0.310 e. The van der Waals surface area contributed by atoms with Gasteiger partial charge in [-0.25, -0.2) is 0 Å². The van der Waals surface area contributed by atoms with Crippen LogP contribution in [0.5, 0.6) is 0 Å². The predicted octanol–water partition coefficient (Wildman–Crippen LogP) is 11.0. The number of halogens is 2. The first-order chi connectivity index (χ1) is 19.7. The van der Waals surface area contributed by atoms with Crippen molar-refractivity contribution in [3.05, 3.63) is 183 Å². The van der Waals surface area contributed by atoms with Gasteiger partial charge in [0.05, 0.1) is 16.8 Å². The minimum atomic E-state index is -0.513. The van der Waals surface area contributed by atoms with E-state index < -0.39 is 5.41 Å². The monoisotopic (exact) mass is 641 g/mol. The van der Waals surface area contributed by atoms with Crippen molar-refractivity contribution in [2.24, 2.45) is 0 Å². The maximum atomic E-state index is 3.83. The van der Waals surface area contributed by atoms with Crippen molar-refractivity contribution in [2.75, 3.05) is 4.90 Å². The first kappa shape index (κ1) is 25.1. The quantitative estimate of drug-likeness (QED) is 0.185. The molecule has 0 bridgehead atoms. The summed E-state index contributed by atoms with van der Waals surface area (Å²) in [4.78, 5) is 2.41. The SMILES string of the molecule is Brc1ccc2c(c1)C(c1ccccc1)(c1ccccc1)c1cc(Br)ccc1N2c1ccc(-c2ccccc2)cc1. The van der Waals surface area contributed by atoms with Gasteiger partial charge in [0.2, 0.25) is 0 Å². The molecule has 0 N–H and O–H groups in total. The number of rotatable bonds is 4. The van der Waals surface area contributed by atoms with E-state index in [-0.39, 0.29) is 0 Å². The standard InChI is InChI=1S/C37H25Br2N/c38-30-18-22-35-33(24-30)37(28-12-6-2-7-13-28,29-14-8-3-9-15-29)34-25-31(39)19-23-36(34)40(35)32-20-16-27(17-21-32)26-10-4-1-5-11-26/h1-25H. The molecule has 1 aliphatic heterocycles. The van der Waals surface area contributed by atoms with Gasteiger partial charge in [0, 0.05) is 14.6 Å². The summed E-state index contributed by atoms with van der Waals surface area (Å²) in [7, 11) is 0. The van der Waals surface area contributed by atoms with Crippen LogP contribution in [0.1, 0.15) is 22.3 Å². The van der Waals surface area contributed by atoms with E-state index in [9.17, 15) is 0 Å². The van der Waals surface area contributed by atoms with Crippen molar-refractivity contribution in [1.29, 1.82) is 0 Å². The van der Waals surface area contributed by atoms with Crippen molar-refractivity contribution < 1.29 is 0 Å². The van der Waals surface area contributed by atoms with E-state index in [2.05, 4.69) is 188 Å². The fourth-order valence-corrected chi connectivity index (χ4v) is 6.88. The van der Waals surface area contributed by atoms with Gasteiger partial charge in [0.25, 0.3) is 0 Å². The van der Waals surface area contributed by atoms with Crippen LogP contribution in [-0.2, 0) is 5.41 Å². The average Bonchev–Trinajstić information content (AvgIpc) is 3.01. The highest BCUT2D eigenvalue weighted by Gasteiger charge is 2.46. The topological polar surface area (TPSA) is 3.24 Å². The summed E-state index contributed by atoms with van der Waals surface area (Å²) in [5, 5.41) is 0. The zero-order chi connectivity index (χ0) is 27.1. The Morgan fingerprint density at radius 2 is 0.850 bits per heavy atom. The van der Waals surface area contributed by atoms with Crippen LogP contribution in [0.2, 0.25) is 0 Å². The zero-order valence-electron chi connectivity index (χ0n) is 21.6. The first-order valence-electron chi connectivity index (χ1n) is 13.3. The van der Waals surface area contributed by atoms with Gasteiger partial charge in [-0.3, -0.25) is 0 Å². The highest BCUT2D eigenvalue weighted by Crippen LogP contribution is 2.58. The Morgan fingerprint density at radius 3 is 1.32 bits per heavy atom. The van der Waals surface area contributed by atoms with E-state index in [0.717, 1.165) is 26.0 Å². The normalized spacial score (nSPS) is 13.4.